The summed E-state index contributed by atoms with van der Waals surface area (Å²) in [6, 6.07) is 0.0256. The SMILES string of the molecule is CCCCOCCN(CC(F)(F)F)C1CCNCC1. The van der Waals surface area contributed by atoms with Gasteiger partial charge in [0.15, 0.2) is 0 Å². The van der Waals surface area contributed by atoms with Gasteiger partial charge in [-0.25, -0.2) is 0 Å². The van der Waals surface area contributed by atoms with Crippen molar-refractivity contribution in [3.05, 3.63) is 0 Å². The molecule has 3 nitrogen and oxygen atoms in total. The molecule has 6 heteroatoms. The lowest BCUT2D eigenvalue weighted by Gasteiger charge is -2.35. The Morgan fingerprint density at radius 2 is 1.89 bits per heavy atom. The summed E-state index contributed by atoms with van der Waals surface area (Å²) in [7, 11) is 0. The Morgan fingerprint density at radius 1 is 1.21 bits per heavy atom. The highest BCUT2D eigenvalue weighted by Gasteiger charge is 2.34. The number of halogens is 3. The molecule has 1 aliphatic rings. The van der Waals surface area contributed by atoms with Crippen LogP contribution in [-0.2, 0) is 4.74 Å². The summed E-state index contributed by atoms with van der Waals surface area (Å²) in [6.45, 7) is 4.24. The van der Waals surface area contributed by atoms with E-state index < -0.39 is 12.7 Å². The second kappa shape index (κ2) is 8.76. The average Bonchev–Trinajstić information content (AvgIpc) is 2.37. The average molecular weight is 282 g/mol. The first-order valence-electron chi connectivity index (χ1n) is 7.12. The fourth-order valence-electron chi connectivity index (χ4n) is 2.32. The van der Waals surface area contributed by atoms with Crippen LogP contribution >= 0.6 is 0 Å². The van der Waals surface area contributed by atoms with Crippen molar-refractivity contribution in [2.45, 2.75) is 44.8 Å². The maximum absolute atomic E-state index is 12.6. The molecule has 1 fully saturated rings. The molecule has 0 saturated carbocycles. The van der Waals surface area contributed by atoms with Crippen LogP contribution in [0.4, 0.5) is 13.2 Å². The van der Waals surface area contributed by atoms with Crippen molar-refractivity contribution < 1.29 is 17.9 Å². The first-order chi connectivity index (χ1) is 9.03. The maximum Gasteiger partial charge on any atom is 0.401 e. The van der Waals surface area contributed by atoms with Crippen LogP contribution in [0, 0.1) is 0 Å². The van der Waals surface area contributed by atoms with Crippen LogP contribution in [0.1, 0.15) is 32.6 Å². The Kier molecular flexibility index (Phi) is 7.71. The van der Waals surface area contributed by atoms with Gasteiger partial charge in [0.25, 0.3) is 0 Å². The zero-order valence-electron chi connectivity index (χ0n) is 11.6. The molecule has 0 amide bonds. The zero-order valence-corrected chi connectivity index (χ0v) is 11.6. The lowest BCUT2D eigenvalue weighted by Crippen LogP contribution is -2.48. The second-order valence-corrected chi connectivity index (χ2v) is 5.03. The summed E-state index contributed by atoms with van der Waals surface area (Å²) in [4.78, 5) is 1.53. The number of unbranched alkanes of at least 4 members (excludes halogenated alkanes) is 1. The molecule has 1 aliphatic heterocycles. The largest absolute Gasteiger partial charge is 0.401 e. The minimum absolute atomic E-state index is 0.0256. The number of hydrogen-bond donors (Lipinski definition) is 1. The Balaban J connectivity index is 2.35. The topological polar surface area (TPSA) is 24.5 Å². The third-order valence-electron chi connectivity index (χ3n) is 3.37. The molecule has 0 spiro atoms. The van der Waals surface area contributed by atoms with Crippen LogP contribution < -0.4 is 5.32 Å². The number of nitrogens with one attached hydrogen (secondary N) is 1. The minimum atomic E-state index is -4.13. The fourth-order valence-corrected chi connectivity index (χ4v) is 2.32. The van der Waals surface area contributed by atoms with Crippen molar-refractivity contribution >= 4 is 0 Å². The maximum atomic E-state index is 12.6. The summed E-state index contributed by atoms with van der Waals surface area (Å²) in [6.07, 6.45) is -0.558. The predicted octanol–water partition coefficient (Wildman–Crippen LogP) is 2.42. The van der Waals surface area contributed by atoms with Crippen LogP contribution in [0.25, 0.3) is 0 Å². The van der Waals surface area contributed by atoms with E-state index >= 15 is 0 Å². The summed E-state index contributed by atoms with van der Waals surface area (Å²) in [5.41, 5.74) is 0. The number of rotatable bonds is 8. The van der Waals surface area contributed by atoms with Crippen LogP contribution in [-0.4, -0.2) is 56.5 Å². The standard InChI is InChI=1S/C13H25F3N2O/c1-2-3-9-19-10-8-18(11-13(14,15)16)12-4-6-17-7-5-12/h12,17H,2-11H2,1H3. The van der Waals surface area contributed by atoms with Gasteiger partial charge >= 0.3 is 6.18 Å². The molecule has 0 aromatic heterocycles. The van der Waals surface area contributed by atoms with Crippen LogP contribution in [0.3, 0.4) is 0 Å². The molecule has 0 radical (unpaired) electrons. The van der Waals surface area contributed by atoms with E-state index in [1.54, 1.807) is 0 Å². The van der Waals surface area contributed by atoms with Crippen molar-refractivity contribution in [2.75, 3.05) is 39.4 Å². The van der Waals surface area contributed by atoms with E-state index in [4.69, 9.17) is 4.74 Å². The summed E-state index contributed by atoms with van der Waals surface area (Å²) < 4.78 is 43.2. The lowest BCUT2D eigenvalue weighted by molar-refractivity contribution is -0.153. The van der Waals surface area contributed by atoms with Crippen molar-refractivity contribution in [1.82, 2.24) is 10.2 Å². The molecule has 0 aromatic rings. The van der Waals surface area contributed by atoms with Gasteiger partial charge < -0.3 is 10.1 Å². The van der Waals surface area contributed by atoms with Gasteiger partial charge in [-0.2, -0.15) is 13.2 Å². The number of nitrogens with zero attached hydrogens (tertiary/aromatic N) is 1. The van der Waals surface area contributed by atoms with Gasteiger partial charge in [0.2, 0.25) is 0 Å². The second-order valence-electron chi connectivity index (χ2n) is 5.03. The summed E-state index contributed by atoms with van der Waals surface area (Å²) >= 11 is 0. The molecule has 0 unspecified atom stereocenters. The molecule has 0 aromatic carbocycles. The van der Waals surface area contributed by atoms with Crippen molar-refractivity contribution in [3.63, 3.8) is 0 Å². The Bertz CT molecular complexity index is 230. The molecule has 114 valence electrons. The van der Waals surface area contributed by atoms with E-state index in [1.165, 1.54) is 4.90 Å². The van der Waals surface area contributed by atoms with Gasteiger partial charge in [0, 0.05) is 19.2 Å². The molecular weight excluding hydrogens is 257 g/mol. The van der Waals surface area contributed by atoms with Gasteiger partial charge in [-0.3, -0.25) is 4.90 Å². The number of piperidine rings is 1. The van der Waals surface area contributed by atoms with Crippen LogP contribution in [0.15, 0.2) is 0 Å². The molecule has 0 atom stereocenters. The van der Waals surface area contributed by atoms with E-state index in [2.05, 4.69) is 12.2 Å². The van der Waals surface area contributed by atoms with Gasteiger partial charge in [0.1, 0.15) is 0 Å². The molecule has 1 saturated heterocycles. The van der Waals surface area contributed by atoms with E-state index in [0.717, 1.165) is 38.8 Å². The molecular formula is C13H25F3N2O. The molecule has 1 N–H and O–H groups in total. The van der Waals surface area contributed by atoms with Gasteiger partial charge in [-0.05, 0) is 32.4 Å². The van der Waals surface area contributed by atoms with Crippen LogP contribution in [0.5, 0.6) is 0 Å². The fraction of sp³-hybridized carbons (Fsp3) is 1.00. The molecule has 19 heavy (non-hydrogen) atoms. The quantitative estimate of drug-likeness (QED) is 0.692. The van der Waals surface area contributed by atoms with Crippen molar-refractivity contribution in [3.8, 4) is 0 Å². The first-order valence-corrected chi connectivity index (χ1v) is 7.12. The van der Waals surface area contributed by atoms with E-state index in [-0.39, 0.29) is 6.04 Å². The van der Waals surface area contributed by atoms with E-state index in [1.807, 2.05) is 0 Å². The third kappa shape index (κ3) is 7.74. The third-order valence-corrected chi connectivity index (χ3v) is 3.37. The van der Waals surface area contributed by atoms with Crippen molar-refractivity contribution in [2.24, 2.45) is 0 Å². The lowest BCUT2D eigenvalue weighted by atomic mass is 10.0. The van der Waals surface area contributed by atoms with E-state index in [0.29, 0.717) is 19.8 Å². The highest BCUT2D eigenvalue weighted by molar-refractivity contribution is 4.79. The summed E-state index contributed by atoms with van der Waals surface area (Å²) in [5.74, 6) is 0. The van der Waals surface area contributed by atoms with Crippen molar-refractivity contribution in [1.29, 1.82) is 0 Å². The Labute approximate surface area is 113 Å². The van der Waals surface area contributed by atoms with Gasteiger partial charge in [-0.15, -0.1) is 0 Å². The Morgan fingerprint density at radius 3 is 2.47 bits per heavy atom. The number of ether oxygens (including phenoxy) is 1. The number of alkyl halides is 3. The smallest absolute Gasteiger partial charge is 0.380 e. The zero-order chi connectivity index (χ0) is 14.1. The minimum Gasteiger partial charge on any atom is -0.380 e. The molecule has 1 rings (SSSR count). The molecule has 1 heterocycles. The summed E-state index contributed by atoms with van der Waals surface area (Å²) in [5, 5.41) is 3.18. The highest BCUT2D eigenvalue weighted by atomic mass is 19.4. The highest BCUT2D eigenvalue weighted by Crippen LogP contribution is 2.21. The van der Waals surface area contributed by atoms with Crippen LogP contribution in [0.2, 0.25) is 0 Å². The van der Waals surface area contributed by atoms with E-state index in [9.17, 15) is 13.2 Å². The van der Waals surface area contributed by atoms with Gasteiger partial charge in [-0.1, -0.05) is 13.3 Å². The Hall–Kier alpha value is -0.330. The normalized spacial score (nSPS) is 18.2. The molecule has 0 aliphatic carbocycles. The molecule has 0 bridgehead atoms. The number of hydrogen-bond acceptors (Lipinski definition) is 3. The predicted molar refractivity (Wildman–Crippen MR) is 69.2 cm³/mol. The first kappa shape index (κ1) is 16.7. The monoisotopic (exact) mass is 282 g/mol. The van der Waals surface area contributed by atoms with Gasteiger partial charge in [0.05, 0.1) is 13.2 Å².